The minimum Gasteiger partial charge on any atom is -0.245 e. The van der Waals surface area contributed by atoms with Crippen LogP contribution in [0.5, 0.6) is 0 Å². The number of rotatable bonds is 9. The zero-order valence-electron chi connectivity index (χ0n) is 15.1. The van der Waals surface area contributed by atoms with Gasteiger partial charge >= 0.3 is 0 Å². The SMILES string of the molecule is CNS(=O)(=O)c1ccc(CS(=O)(=O)Cc2csc(CCC(C)C)n2)cc1. The van der Waals surface area contributed by atoms with Gasteiger partial charge in [-0.15, -0.1) is 11.3 Å². The molecule has 1 heterocycles. The summed E-state index contributed by atoms with van der Waals surface area (Å²) < 4.78 is 50.5. The molecule has 0 saturated heterocycles. The Bertz CT molecular complexity index is 931. The summed E-state index contributed by atoms with van der Waals surface area (Å²) in [6, 6.07) is 5.86. The molecule has 0 aliphatic heterocycles. The summed E-state index contributed by atoms with van der Waals surface area (Å²) in [6.07, 6.45) is 1.89. The van der Waals surface area contributed by atoms with Gasteiger partial charge in [0.05, 0.1) is 27.1 Å². The number of hydrogen-bond acceptors (Lipinski definition) is 6. The molecule has 0 radical (unpaired) electrons. The molecular formula is C17H24N2O4S3. The van der Waals surface area contributed by atoms with Crippen LogP contribution in [-0.4, -0.2) is 28.9 Å². The van der Waals surface area contributed by atoms with Gasteiger partial charge in [0.25, 0.3) is 0 Å². The average Bonchev–Trinajstić information content (AvgIpc) is 2.99. The predicted molar refractivity (Wildman–Crippen MR) is 104 cm³/mol. The van der Waals surface area contributed by atoms with E-state index in [1.807, 2.05) is 0 Å². The van der Waals surface area contributed by atoms with Crippen LogP contribution >= 0.6 is 11.3 Å². The molecule has 0 aliphatic rings. The summed E-state index contributed by atoms with van der Waals surface area (Å²) >= 11 is 1.50. The first-order valence-electron chi connectivity index (χ1n) is 8.27. The molecule has 144 valence electrons. The standard InChI is InChI=1S/C17H24N2O4S3/c1-13(2)4-9-17-19-15(10-24-17)12-25(20,21)11-14-5-7-16(8-6-14)26(22,23)18-3/h5-8,10,13,18H,4,9,11-12H2,1-3H3. The van der Waals surface area contributed by atoms with E-state index in [0.29, 0.717) is 17.2 Å². The van der Waals surface area contributed by atoms with Crippen LogP contribution in [0.25, 0.3) is 0 Å². The third-order valence-electron chi connectivity index (χ3n) is 3.79. The van der Waals surface area contributed by atoms with E-state index in [1.54, 1.807) is 5.38 Å². The highest BCUT2D eigenvalue weighted by Crippen LogP contribution is 2.19. The van der Waals surface area contributed by atoms with Crippen molar-refractivity contribution in [2.24, 2.45) is 5.92 Å². The van der Waals surface area contributed by atoms with Gasteiger partial charge < -0.3 is 0 Å². The highest BCUT2D eigenvalue weighted by atomic mass is 32.2. The number of aromatic nitrogens is 1. The van der Waals surface area contributed by atoms with Gasteiger partial charge in [0.2, 0.25) is 10.0 Å². The summed E-state index contributed by atoms with van der Waals surface area (Å²) in [4.78, 5) is 4.53. The van der Waals surface area contributed by atoms with Crippen molar-refractivity contribution in [3.63, 3.8) is 0 Å². The molecule has 0 bridgehead atoms. The van der Waals surface area contributed by atoms with Crippen molar-refractivity contribution in [2.75, 3.05) is 7.05 Å². The van der Waals surface area contributed by atoms with Crippen molar-refractivity contribution in [1.82, 2.24) is 9.71 Å². The molecule has 0 unspecified atom stereocenters. The molecule has 1 aromatic carbocycles. The Hall–Kier alpha value is -1.29. The van der Waals surface area contributed by atoms with Crippen LogP contribution in [0.3, 0.4) is 0 Å². The van der Waals surface area contributed by atoms with Crippen LogP contribution in [0.2, 0.25) is 0 Å². The molecule has 2 aromatic rings. The van der Waals surface area contributed by atoms with Crippen molar-refractivity contribution in [3.05, 3.63) is 45.9 Å². The second-order valence-corrected chi connectivity index (χ2v) is 11.4. The highest BCUT2D eigenvalue weighted by molar-refractivity contribution is 7.90. The lowest BCUT2D eigenvalue weighted by molar-refractivity contribution is 0.584. The number of nitrogens with zero attached hydrogens (tertiary/aromatic N) is 1. The van der Waals surface area contributed by atoms with Gasteiger partial charge in [-0.2, -0.15) is 0 Å². The third kappa shape index (κ3) is 6.15. The topological polar surface area (TPSA) is 93.2 Å². The Morgan fingerprint density at radius 3 is 2.31 bits per heavy atom. The number of sulfonamides is 1. The summed E-state index contributed by atoms with van der Waals surface area (Å²) in [5.41, 5.74) is 1.12. The average molecular weight is 417 g/mol. The fourth-order valence-electron chi connectivity index (χ4n) is 2.36. The van der Waals surface area contributed by atoms with Gasteiger partial charge in [0.1, 0.15) is 0 Å². The zero-order valence-corrected chi connectivity index (χ0v) is 17.5. The zero-order chi connectivity index (χ0) is 19.4. The number of hydrogen-bond donors (Lipinski definition) is 1. The van der Waals surface area contributed by atoms with E-state index in [1.165, 1.54) is 42.6 Å². The third-order valence-corrected chi connectivity index (χ3v) is 7.69. The van der Waals surface area contributed by atoms with Crippen LogP contribution in [0.1, 0.15) is 36.5 Å². The Morgan fingerprint density at radius 1 is 1.08 bits per heavy atom. The smallest absolute Gasteiger partial charge is 0.240 e. The van der Waals surface area contributed by atoms with Crippen LogP contribution in [0, 0.1) is 5.92 Å². The van der Waals surface area contributed by atoms with E-state index in [9.17, 15) is 16.8 Å². The van der Waals surface area contributed by atoms with Gasteiger partial charge in [-0.1, -0.05) is 26.0 Å². The van der Waals surface area contributed by atoms with Gasteiger partial charge in [-0.25, -0.2) is 26.5 Å². The van der Waals surface area contributed by atoms with Gasteiger partial charge in [-0.05, 0) is 43.5 Å². The molecule has 0 saturated carbocycles. The molecule has 9 heteroatoms. The fraction of sp³-hybridized carbons (Fsp3) is 0.471. The first-order valence-corrected chi connectivity index (χ1v) is 12.5. The van der Waals surface area contributed by atoms with Crippen LogP contribution in [-0.2, 0) is 37.8 Å². The molecule has 26 heavy (non-hydrogen) atoms. The number of nitrogens with one attached hydrogen (secondary N) is 1. The van der Waals surface area contributed by atoms with E-state index in [4.69, 9.17) is 0 Å². The fourth-order valence-corrected chi connectivity index (χ4v) is 5.41. The monoisotopic (exact) mass is 416 g/mol. The summed E-state index contributed by atoms with van der Waals surface area (Å²) in [5, 5.41) is 2.76. The lowest BCUT2D eigenvalue weighted by atomic mass is 10.1. The molecule has 1 N–H and O–H groups in total. The molecule has 2 rings (SSSR count). The van der Waals surface area contributed by atoms with Crippen molar-refractivity contribution < 1.29 is 16.8 Å². The Morgan fingerprint density at radius 2 is 1.73 bits per heavy atom. The molecular weight excluding hydrogens is 392 g/mol. The van der Waals surface area contributed by atoms with Gasteiger partial charge in [-0.3, -0.25) is 0 Å². The van der Waals surface area contributed by atoms with Crippen LogP contribution in [0.15, 0.2) is 34.5 Å². The molecule has 0 atom stereocenters. The number of benzene rings is 1. The van der Waals surface area contributed by atoms with Crippen molar-refractivity contribution in [1.29, 1.82) is 0 Å². The minimum atomic E-state index is -3.52. The summed E-state index contributed by atoms with van der Waals surface area (Å²) in [5.74, 6) is 0.328. The van der Waals surface area contributed by atoms with E-state index in [0.717, 1.165) is 17.8 Å². The molecule has 1 aromatic heterocycles. The van der Waals surface area contributed by atoms with Crippen molar-refractivity contribution >= 4 is 31.2 Å². The number of thiazole rings is 1. The molecule has 6 nitrogen and oxygen atoms in total. The Kier molecular flexibility index (Phi) is 6.95. The van der Waals surface area contributed by atoms with E-state index in [-0.39, 0.29) is 16.4 Å². The second kappa shape index (κ2) is 8.60. The first-order chi connectivity index (χ1) is 12.1. The lowest BCUT2D eigenvalue weighted by Crippen LogP contribution is -2.18. The van der Waals surface area contributed by atoms with E-state index >= 15 is 0 Å². The lowest BCUT2D eigenvalue weighted by Gasteiger charge is -2.06. The van der Waals surface area contributed by atoms with Crippen molar-refractivity contribution in [2.45, 2.75) is 43.1 Å². The Labute approximate surface area is 159 Å². The molecule has 0 spiro atoms. The van der Waals surface area contributed by atoms with E-state index < -0.39 is 19.9 Å². The van der Waals surface area contributed by atoms with Crippen LogP contribution in [0.4, 0.5) is 0 Å². The number of sulfone groups is 1. The largest absolute Gasteiger partial charge is 0.245 e. The maximum Gasteiger partial charge on any atom is 0.240 e. The van der Waals surface area contributed by atoms with E-state index in [2.05, 4.69) is 23.6 Å². The summed E-state index contributed by atoms with van der Waals surface area (Å²) in [6.45, 7) is 4.29. The highest BCUT2D eigenvalue weighted by Gasteiger charge is 2.17. The maximum atomic E-state index is 12.4. The molecule has 0 amide bonds. The van der Waals surface area contributed by atoms with Crippen LogP contribution < -0.4 is 4.72 Å². The predicted octanol–water partition coefficient (Wildman–Crippen LogP) is 2.75. The van der Waals surface area contributed by atoms with Crippen molar-refractivity contribution in [3.8, 4) is 0 Å². The molecule has 0 fully saturated rings. The Balaban J connectivity index is 2.02. The van der Waals surface area contributed by atoms with Gasteiger partial charge in [0.15, 0.2) is 9.84 Å². The first kappa shape index (κ1) is 21.0. The quantitative estimate of drug-likeness (QED) is 0.678. The normalized spacial score (nSPS) is 12.6. The second-order valence-electron chi connectivity index (χ2n) is 6.55. The van der Waals surface area contributed by atoms with Gasteiger partial charge in [0, 0.05) is 5.38 Å². The number of aryl methyl sites for hydroxylation is 1. The molecule has 0 aliphatic carbocycles. The maximum absolute atomic E-state index is 12.4. The minimum absolute atomic E-state index is 0.107. The summed E-state index contributed by atoms with van der Waals surface area (Å²) in [7, 11) is -5.57.